The lowest BCUT2D eigenvalue weighted by Crippen LogP contribution is -2.27. The van der Waals surface area contributed by atoms with Crippen LogP contribution in [0.3, 0.4) is 0 Å². The van der Waals surface area contributed by atoms with E-state index in [0.717, 1.165) is 24.0 Å². The summed E-state index contributed by atoms with van der Waals surface area (Å²) in [5.74, 6) is -0.143. The van der Waals surface area contributed by atoms with Crippen molar-refractivity contribution in [3.05, 3.63) is 35.4 Å². The molecule has 1 aliphatic rings. The summed E-state index contributed by atoms with van der Waals surface area (Å²) in [4.78, 5) is 11.8. The summed E-state index contributed by atoms with van der Waals surface area (Å²) in [6.45, 7) is 2.22. The molecule has 18 heavy (non-hydrogen) atoms. The Bertz CT molecular complexity index is 398. The van der Waals surface area contributed by atoms with Crippen LogP contribution in [-0.2, 0) is 11.2 Å². The molecule has 0 unspecified atom stereocenters. The van der Waals surface area contributed by atoms with Gasteiger partial charge in [0.05, 0.1) is 5.56 Å². The highest BCUT2D eigenvalue weighted by atomic mass is 16.5. The lowest BCUT2D eigenvalue weighted by atomic mass is 9.95. The molecule has 1 aliphatic heterocycles. The zero-order valence-electron chi connectivity index (χ0n) is 11.2. The third-order valence-electron chi connectivity index (χ3n) is 3.59. The number of esters is 1. The van der Waals surface area contributed by atoms with E-state index in [4.69, 9.17) is 4.74 Å². The number of rotatable bonds is 6. The summed E-state index contributed by atoms with van der Waals surface area (Å²) in [5.41, 5.74) is 1.90. The Labute approximate surface area is 109 Å². The zero-order valence-corrected chi connectivity index (χ0v) is 11.2. The van der Waals surface area contributed by atoms with E-state index in [1.165, 1.54) is 32.1 Å². The molecule has 2 heteroatoms. The van der Waals surface area contributed by atoms with Crippen molar-refractivity contribution in [1.82, 2.24) is 0 Å². The number of carbonyl (C=O) groups excluding carboxylic acids is 1. The van der Waals surface area contributed by atoms with Crippen molar-refractivity contribution >= 4 is 5.97 Å². The summed E-state index contributed by atoms with van der Waals surface area (Å²) < 4.78 is 5.48. The van der Waals surface area contributed by atoms with Crippen molar-refractivity contribution in [1.29, 1.82) is 0 Å². The van der Waals surface area contributed by atoms with Gasteiger partial charge in [0.15, 0.2) is 0 Å². The van der Waals surface area contributed by atoms with Crippen LogP contribution in [0.4, 0.5) is 0 Å². The second kappa shape index (κ2) is 6.58. The lowest BCUT2D eigenvalue weighted by molar-refractivity contribution is 0.0232. The van der Waals surface area contributed by atoms with E-state index in [0.29, 0.717) is 0 Å². The largest absolute Gasteiger partial charge is 0.458 e. The van der Waals surface area contributed by atoms with E-state index < -0.39 is 0 Å². The minimum atomic E-state index is -0.143. The van der Waals surface area contributed by atoms with Crippen molar-refractivity contribution in [3.8, 4) is 0 Å². The Kier molecular flexibility index (Phi) is 4.80. The first-order chi connectivity index (χ1) is 8.81. The first kappa shape index (κ1) is 13.1. The van der Waals surface area contributed by atoms with E-state index in [9.17, 15) is 4.79 Å². The molecule has 0 bridgehead atoms. The van der Waals surface area contributed by atoms with Gasteiger partial charge in [-0.1, -0.05) is 50.8 Å². The van der Waals surface area contributed by atoms with Crippen LogP contribution < -0.4 is 0 Å². The average molecular weight is 246 g/mol. The predicted molar refractivity (Wildman–Crippen MR) is 72.7 cm³/mol. The maximum atomic E-state index is 11.8. The van der Waals surface area contributed by atoms with Crippen LogP contribution in [0.15, 0.2) is 24.3 Å². The molecule has 98 valence electrons. The number of benzene rings is 1. The quantitative estimate of drug-likeness (QED) is 0.557. The number of cyclic esters (lactones) is 1. The maximum Gasteiger partial charge on any atom is 0.338 e. The van der Waals surface area contributed by atoms with Gasteiger partial charge in [0.25, 0.3) is 0 Å². The molecule has 0 N–H and O–H groups in total. The first-order valence-electron chi connectivity index (χ1n) is 7.10. The van der Waals surface area contributed by atoms with Crippen molar-refractivity contribution in [3.63, 3.8) is 0 Å². The van der Waals surface area contributed by atoms with Crippen molar-refractivity contribution in [2.75, 3.05) is 0 Å². The molecule has 2 nitrogen and oxygen atoms in total. The maximum absolute atomic E-state index is 11.8. The number of ether oxygens (including phenoxy) is 1. The van der Waals surface area contributed by atoms with E-state index in [2.05, 4.69) is 6.92 Å². The Morgan fingerprint density at radius 3 is 2.78 bits per heavy atom. The van der Waals surface area contributed by atoms with Crippen LogP contribution in [0, 0.1) is 0 Å². The van der Waals surface area contributed by atoms with Gasteiger partial charge in [-0.3, -0.25) is 0 Å². The zero-order chi connectivity index (χ0) is 12.8. The summed E-state index contributed by atoms with van der Waals surface area (Å²) in [7, 11) is 0. The molecular formula is C16H22O2. The number of carbonyl (C=O) groups is 1. The molecule has 1 atom stereocenters. The summed E-state index contributed by atoms with van der Waals surface area (Å²) in [6.07, 6.45) is 8.28. The van der Waals surface area contributed by atoms with Crippen molar-refractivity contribution in [2.45, 2.75) is 58.0 Å². The first-order valence-corrected chi connectivity index (χ1v) is 7.10. The van der Waals surface area contributed by atoms with Gasteiger partial charge >= 0.3 is 5.97 Å². The van der Waals surface area contributed by atoms with Gasteiger partial charge < -0.3 is 4.74 Å². The fourth-order valence-electron chi connectivity index (χ4n) is 2.54. The van der Waals surface area contributed by atoms with Crippen LogP contribution in [-0.4, -0.2) is 12.1 Å². The van der Waals surface area contributed by atoms with Gasteiger partial charge in [-0.25, -0.2) is 4.79 Å². The third kappa shape index (κ3) is 3.34. The molecule has 0 saturated carbocycles. The van der Waals surface area contributed by atoms with Crippen molar-refractivity contribution < 1.29 is 9.53 Å². The van der Waals surface area contributed by atoms with Gasteiger partial charge in [0, 0.05) is 6.42 Å². The number of fused-ring (bicyclic) bond motifs is 1. The smallest absolute Gasteiger partial charge is 0.338 e. The summed E-state index contributed by atoms with van der Waals surface area (Å²) in [5, 5.41) is 0. The monoisotopic (exact) mass is 246 g/mol. The van der Waals surface area contributed by atoms with Crippen LogP contribution in [0.1, 0.15) is 61.4 Å². The van der Waals surface area contributed by atoms with Crippen LogP contribution >= 0.6 is 0 Å². The molecule has 1 aromatic rings. The molecule has 0 spiro atoms. The predicted octanol–water partition coefficient (Wildman–Crippen LogP) is 4.13. The minimum Gasteiger partial charge on any atom is -0.458 e. The molecule has 1 aromatic carbocycles. The third-order valence-corrected chi connectivity index (χ3v) is 3.59. The van der Waals surface area contributed by atoms with Gasteiger partial charge in [0.2, 0.25) is 0 Å². The topological polar surface area (TPSA) is 26.3 Å². The van der Waals surface area contributed by atoms with Crippen molar-refractivity contribution in [2.24, 2.45) is 0 Å². The van der Waals surface area contributed by atoms with E-state index in [-0.39, 0.29) is 12.1 Å². The Hall–Kier alpha value is -1.31. The van der Waals surface area contributed by atoms with Gasteiger partial charge in [-0.15, -0.1) is 0 Å². The van der Waals surface area contributed by atoms with E-state index in [1.54, 1.807) is 0 Å². The number of unbranched alkanes of at least 4 members (excludes halogenated alkanes) is 4. The Balaban J connectivity index is 1.82. The van der Waals surface area contributed by atoms with Gasteiger partial charge in [0.1, 0.15) is 6.10 Å². The molecular weight excluding hydrogens is 224 g/mol. The lowest BCUT2D eigenvalue weighted by Gasteiger charge is -2.24. The van der Waals surface area contributed by atoms with Gasteiger partial charge in [-0.2, -0.15) is 0 Å². The highest BCUT2D eigenvalue weighted by Gasteiger charge is 2.25. The standard InChI is InChI=1S/C16H22O2/c1-2-3-4-5-6-10-14-12-13-9-7-8-11-15(13)16(17)18-14/h7-9,11,14H,2-6,10,12H2,1H3/t14-/m0/s1. The highest BCUT2D eigenvalue weighted by molar-refractivity contribution is 5.92. The molecule has 0 amide bonds. The fraction of sp³-hybridized carbons (Fsp3) is 0.562. The normalized spacial score (nSPS) is 18.3. The second-order valence-electron chi connectivity index (χ2n) is 5.09. The van der Waals surface area contributed by atoms with Gasteiger partial charge in [-0.05, 0) is 24.5 Å². The highest BCUT2D eigenvalue weighted by Crippen LogP contribution is 2.23. The molecule has 0 aromatic heterocycles. The van der Waals surface area contributed by atoms with Crippen LogP contribution in [0.2, 0.25) is 0 Å². The Morgan fingerprint density at radius 2 is 1.94 bits per heavy atom. The van der Waals surface area contributed by atoms with Crippen LogP contribution in [0.25, 0.3) is 0 Å². The summed E-state index contributed by atoms with van der Waals surface area (Å²) in [6, 6.07) is 7.79. The van der Waals surface area contributed by atoms with E-state index in [1.807, 2.05) is 24.3 Å². The molecule has 0 saturated heterocycles. The molecule has 0 radical (unpaired) electrons. The summed E-state index contributed by atoms with van der Waals surface area (Å²) >= 11 is 0. The fourth-order valence-corrected chi connectivity index (χ4v) is 2.54. The SMILES string of the molecule is CCCCCCC[C@H]1Cc2ccccc2C(=O)O1. The van der Waals surface area contributed by atoms with E-state index >= 15 is 0 Å². The molecule has 2 rings (SSSR count). The van der Waals surface area contributed by atoms with Crippen LogP contribution in [0.5, 0.6) is 0 Å². The second-order valence-corrected chi connectivity index (χ2v) is 5.09. The molecule has 1 heterocycles. The average Bonchev–Trinajstić information content (AvgIpc) is 2.39. The number of hydrogen-bond acceptors (Lipinski definition) is 2. The molecule has 0 aliphatic carbocycles. The minimum absolute atomic E-state index is 0.0917. The molecule has 0 fully saturated rings. The number of hydrogen-bond donors (Lipinski definition) is 0. The Morgan fingerprint density at radius 1 is 1.17 bits per heavy atom.